The largest absolute Gasteiger partial charge is 0.507 e. The van der Waals surface area contributed by atoms with Crippen LogP contribution in [0, 0.1) is 27.7 Å². The number of hydrogen-bond acceptors (Lipinski definition) is 7. The number of nitrogens with zero attached hydrogens (tertiary/aromatic N) is 3. The van der Waals surface area contributed by atoms with E-state index in [4.69, 9.17) is 19.7 Å². The van der Waals surface area contributed by atoms with Gasteiger partial charge in [-0.25, -0.2) is 15.0 Å². The molecule has 0 aliphatic carbocycles. The SMILES string of the molecule is CCCCCCCCCCCCC(O)C(O)COc1ccc(-c2nc(-c3ccc(C)cc3C)nc(-c3ccc(C)cc3C)n2)c(O)c1. The number of ether oxygens (including phenoxy) is 1. The topological polar surface area (TPSA) is 109 Å². The average molecular weight is 640 g/mol. The van der Waals surface area contributed by atoms with Gasteiger partial charge in [0, 0.05) is 17.2 Å². The molecule has 2 unspecified atom stereocenters. The van der Waals surface area contributed by atoms with E-state index < -0.39 is 12.2 Å². The number of aliphatic hydroxyl groups is 2. The molecule has 3 aromatic carbocycles. The van der Waals surface area contributed by atoms with Crippen LogP contribution >= 0.6 is 0 Å². The van der Waals surface area contributed by atoms with Crippen LogP contribution in [0.4, 0.5) is 0 Å². The third-order valence-electron chi connectivity index (χ3n) is 8.81. The number of benzene rings is 3. The number of rotatable bonds is 18. The Morgan fingerprint density at radius 2 is 1.04 bits per heavy atom. The van der Waals surface area contributed by atoms with Crippen molar-refractivity contribution in [3.05, 3.63) is 76.9 Å². The smallest absolute Gasteiger partial charge is 0.167 e. The second-order valence-corrected chi connectivity index (χ2v) is 13.0. The van der Waals surface area contributed by atoms with E-state index in [1.807, 2.05) is 38.1 Å². The highest BCUT2D eigenvalue weighted by molar-refractivity contribution is 5.72. The standard InChI is InChI=1S/C40H53N3O4/c1-6-7-8-9-10-11-12-13-14-15-16-35(44)37(46)26-47-31-19-22-34(36(45)25-31)40-42-38(32-20-17-27(2)23-29(32)4)41-39(43-40)33-21-18-28(3)24-30(33)5/h17-25,35,37,44-46H,6-16,26H2,1-5H3. The average Bonchev–Trinajstić information content (AvgIpc) is 3.04. The molecule has 0 saturated carbocycles. The molecule has 1 heterocycles. The van der Waals surface area contributed by atoms with E-state index in [1.54, 1.807) is 12.1 Å². The Hall–Kier alpha value is -3.81. The molecule has 0 radical (unpaired) electrons. The molecule has 0 saturated heterocycles. The van der Waals surface area contributed by atoms with E-state index in [2.05, 4.69) is 32.9 Å². The van der Waals surface area contributed by atoms with Gasteiger partial charge >= 0.3 is 0 Å². The van der Waals surface area contributed by atoms with Gasteiger partial charge < -0.3 is 20.1 Å². The summed E-state index contributed by atoms with van der Waals surface area (Å²) < 4.78 is 5.78. The van der Waals surface area contributed by atoms with Gasteiger partial charge in [0.05, 0.1) is 11.7 Å². The van der Waals surface area contributed by atoms with Gasteiger partial charge in [0.1, 0.15) is 24.2 Å². The fraction of sp³-hybridized carbons (Fsp3) is 0.475. The number of aromatic hydroxyl groups is 1. The van der Waals surface area contributed by atoms with Crippen LogP contribution in [-0.4, -0.2) is 49.1 Å². The molecule has 0 bridgehead atoms. The second-order valence-electron chi connectivity index (χ2n) is 13.0. The zero-order chi connectivity index (χ0) is 33.8. The van der Waals surface area contributed by atoms with E-state index in [0.717, 1.165) is 52.6 Å². The van der Waals surface area contributed by atoms with Crippen LogP contribution in [0.3, 0.4) is 0 Å². The summed E-state index contributed by atoms with van der Waals surface area (Å²) in [6, 6.07) is 17.2. The minimum atomic E-state index is -1.01. The van der Waals surface area contributed by atoms with Crippen molar-refractivity contribution in [2.75, 3.05) is 6.61 Å². The third kappa shape index (κ3) is 10.6. The predicted molar refractivity (Wildman–Crippen MR) is 191 cm³/mol. The molecule has 0 amide bonds. The minimum Gasteiger partial charge on any atom is -0.507 e. The lowest BCUT2D eigenvalue weighted by Crippen LogP contribution is -2.31. The summed E-state index contributed by atoms with van der Waals surface area (Å²) >= 11 is 0. The Morgan fingerprint density at radius 1 is 0.574 bits per heavy atom. The Balaban J connectivity index is 1.40. The maximum Gasteiger partial charge on any atom is 0.167 e. The molecule has 1 aromatic heterocycles. The van der Waals surface area contributed by atoms with Crippen molar-refractivity contribution in [3.8, 4) is 45.7 Å². The molecule has 0 aliphatic heterocycles. The van der Waals surface area contributed by atoms with Gasteiger partial charge in [0.15, 0.2) is 17.5 Å². The summed E-state index contributed by atoms with van der Waals surface area (Å²) in [4.78, 5) is 14.5. The molecular weight excluding hydrogens is 586 g/mol. The zero-order valence-corrected chi connectivity index (χ0v) is 28.9. The van der Waals surface area contributed by atoms with Crippen LogP contribution in [0.5, 0.6) is 11.5 Å². The monoisotopic (exact) mass is 639 g/mol. The molecule has 3 N–H and O–H groups in total. The first-order valence-corrected chi connectivity index (χ1v) is 17.4. The van der Waals surface area contributed by atoms with Crippen LogP contribution in [0.25, 0.3) is 34.2 Å². The molecule has 0 aliphatic rings. The highest BCUT2D eigenvalue weighted by atomic mass is 16.5. The Morgan fingerprint density at radius 3 is 1.53 bits per heavy atom. The lowest BCUT2D eigenvalue weighted by molar-refractivity contribution is -0.0126. The van der Waals surface area contributed by atoms with Crippen molar-refractivity contribution >= 4 is 0 Å². The summed E-state index contributed by atoms with van der Waals surface area (Å²) in [6.07, 6.45) is 10.9. The number of aryl methyl sites for hydroxylation is 4. The van der Waals surface area contributed by atoms with Gasteiger partial charge in [0.2, 0.25) is 0 Å². The van der Waals surface area contributed by atoms with Gasteiger partial charge in [0.25, 0.3) is 0 Å². The van der Waals surface area contributed by atoms with Crippen LogP contribution in [0.1, 0.15) is 99.8 Å². The van der Waals surface area contributed by atoms with Crippen molar-refractivity contribution in [2.24, 2.45) is 0 Å². The van der Waals surface area contributed by atoms with E-state index in [9.17, 15) is 15.3 Å². The molecule has 47 heavy (non-hydrogen) atoms. The van der Waals surface area contributed by atoms with Crippen molar-refractivity contribution in [3.63, 3.8) is 0 Å². The molecule has 0 spiro atoms. The zero-order valence-electron chi connectivity index (χ0n) is 28.9. The first kappa shape index (κ1) is 36.0. The summed E-state index contributed by atoms with van der Waals surface area (Å²) in [6.45, 7) is 10.3. The van der Waals surface area contributed by atoms with Crippen LogP contribution in [0.15, 0.2) is 54.6 Å². The number of phenols is 1. The van der Waals surface area contributed by atoms with Gasteiger partial charge in [-0.15, -0.1) is 0 Å². The second kappa shape index (κ2) is 17.9. The number of aromatic nitrogens is 3. The minimum absolute atomic E-state index is 0.0488. The maximum absolute atomic E-state index is 11.1. The van der Waals surface area contributed by atoms with Gasteiger partial charge in [-0.05, 0) is 57.4 Å². The fourth-order valence-electron chi connectivity index (χ4n) is 5.98. The highest BCUT2D eigenvalue weighted by Crippen LogP contribution is 2.34. The van der Waals surface area contributed by atoms with Crippen molar-refractivity contribution in [1.82, 2.24) is 15.0 Å². The predicted octanol–water partition coefficient (Wildman–Crippen LogP) is 9.22. The van der Waals surface area contributed by atoms with Crippen LogP contribution in [-0.2, 0) is 0 Å². The Kier molecular flexibility index (Phi) is 13.7. The summed E-state index contributed by atoms with van der Waals surface area (Å²) in [5.41, 5.74) is 6.65. The lowest BCUT2D eigenvalue weighted by atomic mass is 10.0. The third-order valence-corrected chi connectivity index (χ3v) is 8.81. The summed E-state index contributed by atoms with van der Waals surface area (Å²) in [5, 5.41) is 32.1. The fourth-order valence-corrected chi connectivity index (χ4v) is 5.98. The first-order valence-electron chi connectivity index (χ1n) is 17.4. The Labute approximate surface area is 281 Å². The first-order chi connectivity index (χ1) is 22.7. The number of hydrogen-bond donors (Lipinski definition) is 3. The van der Waals surface area contributed by atoms with Crippen molar-refractivity contribution in [1.29, 1.82) is 0 Å². The van der Waals surface area contributed by atoms with Crippen molar-refractivity contribution in [2.45, 2.75) is 117 Å². The number of phenolic OH excluding ortho intramolecular Hbond substituents is 1. The molecule has 0 fully saturated rings. The lowest BCUT2D eigenvalue weighted by Gasteiger charge is -2.18. The molecule has 4 rings (SSSR count). The quantitative estimate of drug-likeness (QED) is 0.0931. The molecule has 4 aromatic rings. The van der Waals surface area contributed by atoms with Gasteiger partial charge in [-0.3, -0.25) is 0 Å². The molecule has 7 heteroatoms. The summed E-state index contributed by atoms with van der Waals surface area (Å²) in [7, 11) is 0. The normalized spacial score (nSPS) is 12.7. The Bertz CT molecular complexity index is 1520. The number of aliphatic hydroxyl groups excluding tert-OH is 2. The van der Waals surface area contributed by atoms with Crippen LogP contribution < -0.4 is 4.74 Å². The van der Waals surface area contributed by atoms with Crippen LogP contribution in [0.2, 0.25) is 0 Å². The highest BCUT2D eigenvalue weighted by Gasteiger charge is 2.19. The molecule has 2 atom stereocenters. The molecular formula is C40H53N3O4. The summed E-state index contributed by atoms with van der Waals surface area (Å²) in [5.74, 6) is 1.74. The molecule has 7 nitrogen and oxygen atoms in total. The van der Waals surface area contributed by atoms with E-state index in [-0.39, 0.29) is 12.4 Å². The van der Waals surface area contributed by atoms with E-state index in [0.29, 0.717) is 35.2 Å². The van der Waals surface area contributed by atoms with E-state index >= 15 is 0 Å². The van der Waals surface area contributed by atoms with Gasteiger partial charge in [-0.2, -0.15) is 0 Å². The number of unbranched alkanes of at least 4 members (excludes halogenated alkanes) is 9. The van der Waals surface area contributed by atoms with E-state index in [1.165, 1.54) is 51.0 Å². The molecule has 252 valence electrons. The maximum atomic E-state index is 11.1. The van der Waals surface area contributed by atoms with Gasteiger partial charge in [-0.1, -0.05) is 119 Å². The van der Waals surface area contributed by atoms with Crippen molar-refractivity contribution < 1.29 is 20.1 Å².